The van der Waals surface area contributed by atoms with Crippen LogP contribution in [0, 0.1) is 0 Å². The summed E-state index contributed by atoms with van der Waals surface area (Å²) in [4.78, 5) is 2.41. The number of hydrogen-bond acceptors (Lipinski definition) is 2. The lowest BCUT2D eigenvalue weighted by Gasteiger charge is -2.28. The van der Waals surface area contributed by atoms with Crippen LogP contribution >= 0.6 is 11.3 Å². The molecule has 0 saturated heterocycles. The molecule has 0 amide bonds. The van der Waals surface area contributed by atoms with Gasteiger partial charge in [0.15, 0.2) is 0 Å². The molecule has 1 aromatic heterocycles. The van der Waals surface area contributed by atoms with Crippen molar-refractivity contribution in [2.24, 2.45) is 0 Å². The van der Waals surface area contributed by atoms with Crippen molar-refractivity contribution in [1.29, 1.82) is 0 Å². The number of rotatable bonds is 6. The summed E-state index contributed by atoms with van der Waals surface area (Å²) in [6.07, 6.45) is 0. The van der Waals surface area contributed by atoms with Gasteiger partial charge in [0.25, 0.3) is 0 Å². The Kier molecular flexibility index (Phi) is 7.41. The normalized spacial score (nSPS) is 11.5. The van der Waals surface area contributed by atoms with E-state index >= 15 is 0 Å². The van der Waals surface area contributed by atoms with Crippen molar-refractivity contribution in [2.75, 3.05) is 4.90 Å². The second-order valence-electron chi connectivity index (χ2n) is 13.3. The molecule has 0 aliphatic rings. The lowest BCUT2D eigenvalue weighted by Crippen LogP contribution is -2.11. The van der Waals surface area contributed by atoms with E-state index in [4.69, 9.17) is 0 Å². The Hall–Kier alpha value is -6.48. The van der Waals surface area contributed by atoms with Gasteiger partial charge < -0.3 is 4.90 Å². The maximum atomic E-state index is 2.43. The van der Waals surface area contributed by atoms with Gasteiger partial charge in [-0.3, -0.25) is 0 Å². The second kappa shape index (κ2) is 12.7. The fourth-order valence-electron chi connectivity index (χ4n) is 7.80. The maximum absolute atomic E-state index is 2.43. The van der Waals surface area contributed by atoms with E-state index < -0.39 is 0 Å². The average Bonchev–Trinajstić information content (AvgIpc) is 3.60. The average molecular weight is 680 g/mol. The second-order valence-corrected chi connectivity index (χ2v) is 14.3. The number of benzene rings is 9. The number of anilines is 3. The van der Waals surface area contributed by atoms with Crippen molar-refractivity contribution in [3.63, 3.8) is 0 Å². The Bertz CT molecular complexity index is 2880. The molecular formula is C50H33NS. The molecule has 1 nitrogen and oxygen atoms in total. The molecule has 0 radical (unpaired) electrons. The van der Waals surface area contributed by atoms with Gasteiger partial charge in [-0.15, -0.1) is 11.3 Å². The van der Waals surface area contributed by atoms with E-state index in [2.05, 4.69) is 205 Å². The van der Waals surface area contributed by atoms with Crippen LogP contribution in [-0.4, -0.2) is 0 Å². The van der Waals surface area contributed by atoms with Crippen molar-refractivity contribution in [3.8, 4) is 33.4 Å². The summed E-state index contributed by atoms with van der Waals surface area (Å²) in [7, 11) is 0. The van der Waals surface area contributed by atoms with E-state index in [0.29, 0.717) is 0 Å². The molecular weight excluding hydrogens is 647 g/mol. The van der Waals surface area contributed by atoms with Crippen LogP contribution in [0.2, 0.25) is 0 Å². The van der Waals surface area contributed by atoms with E-state index in [9.17, 15) is 0 Å². The molecule has 0 bridgehead atoms. The molecule has 0 spiro atoms. The Labute approximate surface area is 307 Å². The lowest BCUT2D eigenvalue weighted by molar-refractivity contribution is 1.29. The highest BCUT2D eigenvalue weighted by Crippen LogP contribution is 2.47. The summed E-state index contributed by atoms with van der Waals surface area (Å²) >= 11 is 1.89. The highest BCUT2D eigenvalue weighted by molar-refractivity contribution is 7.26. The first-order chi connectivity index (χ1) is 25.8. The summed E-state index contributed by atoms with van der Waals surface area (Å²) in [6, 6.07) is 72.8. The number of thiophene rings is 1. The van der Waals surface area contributed by atoms with Crippen LogP contribution < -0.4 is 4.90 Å². The van der Waals surface area contributed by atoms with Gasteiger partial charge in [-0.05, 0) is 80.4 Å². The van der Waals surface area contributed by atoms with E-state index in [1.807, 2.05) is 11.3 Å². The third-order valence-electron chi connectivity index (χ3n) is 10.3. The zero-order valence-corrected chi connectivity index (χ0v) is 29.2. The number of fused-ring (bicyclic) bond motifs is 6. The number of para-hydroxylation sites is 2. The molecule has 9 aromatic carbocycles. The first kappa shape index (κ1) is 30.4. The Morgan fingerprint density at radius 2 is 0.942 bits per heavy atom. The van der Waals surface area contributed by atoms with Gasteiger partial charge in [-0.1, -0.05) is 164 Å². The number of hydrogen-bond donors (Lipinski definition) is 0. The van der Waals surface area contributed by atoms with Crippen LogP contribution in [0.1, 0.15) is 0 Å². The first-order valence-corrected chi connectivity index (χ1v) is 18.6. The van der Waals surface area contributed by atoms with Gasteiger partial charge in [0.2, 0.25) is 0 Å². The molecule has 0 saturated carbocycles. The van der Waals surface area contributed by atoms with Gasteiger partial charge >= 0.3 is 0 Å². The topological polar surface area (TPSA) is 3.24 Å². The van der Waals surface area contributed by atoms with E-state index in [1.165, 1.54) is 75.1 Å². The predicted octanol–water partition coefficient (Wildman–Crippen LogP) is 14.8. The first-order valence-electron chi connectivity index (χ1n) is 17.8. The van der Waals surface area contributed by atoms with Crippen molar-refractivity contribution < 1.29 is 0 Å². The van der Waals surface area contributed by atoms with Crippen molar-refractivity contribution in [3.05, 3.63) is 200 Å². The molecule has 244 valence electrons. The maximum Gasteiger partial charge on any atom is 0.0540 e. The van der Waals surface area contributed by atoms with E-state index in [0.717, 1.165) is 17.1 Å². The van der Waals surface area contributed by atoms with Gasteiger partial charge in [-0.2, -0.15) is 0 Å². The van der Waals surface area contributed by atoms with Gasteiger partial charge in [-0.25, -0.2) is 0 Å². The summed E-state index contributed by atoms with van der Waals surface area (Å²) in [5, 5.41) is 7.72. The molecule has 0 aliphatic carbocycles. The van der Waals surface area contributed by atoms with E-state index in [1.54, 1.807) is 0 Å². The monoisotopic (exact) mass is 679 g/mol. The molecule has 0 unspecified atom stereocenters. The van der Waals surface area contributed by atoms with Crippen LogP contribution in [0.5, 0.6) is 0 Å². The highest BCUT2D eigenvalue weighted by Gasteiger charge is 2.20. The fraction of sp³-hybridized carbons (Fsp3) is 0. The van der Waals surface area contributed by atoms with Crippen molar-refractivity contribution in [2.45, 2.75) is 0 Å². The zero-order chi connectivity index (χ0) is 34.4. The molecule has 0 N–H and O–H groups in total. The molecule has 0 aliphatic heterocycles. The minimum atomic E-state index is 1.13. The standard InChI is InChI=1S/C50H33NS/c1-3-14-34(15-4-1)35-26-28-37(29-27-35)41-21-11-12-25-48(41)51(38-18-5-2-6-19-38)39-30-31-44-47-33-46(42-24-13-17-36-16-7-8-20-40(36)42)43-22-9-10-23-45(43)50(47)52-49(44)32-39/h1-33H. The summed E-state index contributed by atoms with van der Waals surface area (Å²) in [6.45, 7) is 0. The van der Waals surface area contributed by atoms with Gasteiger partial charge in [0.05, 0.1) is 5.69 Å². The van der Waals surface area contributed by atoms with Crippen LogP contribution in [-0.2, 0) is 0 Å². The summed E-state index contributed by atoms with van der Waals surface area (Å²) in [5.74, 6) is 0. The number of nitrogens with zero attached hydrogens (tertiary/aromatic N) is 1. The molecule has 52 heavy (non-hydrogen) atoms. The summed E-state index contributed by atoms with van der Waals surface area (Å²) < 4.78 is 2.61. The van der Waals surface area contributed by atoms with Crippen LogP contribution in [0.15, 0.2) is 200 Å². The largest absolute Gasteiger partial charge is 0.310 e. The molecule has 2 heteroatoms. The van der Waals surface area contributed by atoms with Crippen LogP contribution in [0.4, 0.5) is 17.1 Å². The van der Waals surface area contributed by atoms with Crippen LogP contribution in [0.25, 0.3) is 75.1 Å². The van der Waals surface area contributed by atoms with Gasteiger partial charge in [0, 0.05) is 42.5 Å². The smallest absolute Gasteiger partial charge is 0.0540 e. The highest BCUT2D eigenvalue weighted by atomic mass is 32.1. The molecule has 0 fully saturated rings. The fourth-order valence-corrected chi connectivity index (χ4v) is 9.05. The predicted molar refractivity (Wildman–Crippen MR) is 225 cm³/mol. The minimum Gasteiger partial charge on any atom is -0.310 e. The van der Waals surface area contributed by atoms with Crippen LogP contribution in [0.3, 0.4) is 0 Å². The molecule has 1 heterocycles. The Balaban J connectivity index is 1.14. The van der Waals surface area contributed by atoms with Gasteiger partial charge in [0.1, 0.15) is 0 Å². The quantitative estimate of drug-likeness (QED) is 0.169. The lowest BCUT2D eigenvalue weighted by atomic mass is 9.92. The van der Waals surface area contributed by atoms with Crippen molar-refractivity contribution in [1.82, 2.24) is 0 Å². The zero-order valence-electron chi connectivity index (χ0n) is 28.4. The molecule has 10 rings (SSSR count). The third-order valence-corrected chi connectivity index (χ3v) is 11.5. The SMILES string of the molecule is c1ccc(-c2ccc(-c3ccccc3N(c3ccccc3)c3ccc4c(c3)sc3c5ccccc5c(-c5cccc6ccccc56)cc43)cc2)cc1. The third kappa shape index (κ3) is 5.16. The van der Waals surface area contributed by atoms with Crippen molar-refractivity contribution >= 4 is 70.1 Å². The summed E-state index contributed by atoms with van der Waals surface area (Å²) in [5.41, 5.74) is 10.8. The van der Waals surface area contributed by atoms with E-state index in [-0.39, 0.29) is 0 Å². The Morgan fingerprint density at radius 1 is 0.327 bits per heavy atom. The molecule has 10 aromatic rings. The molecule has 0 atom stereocenters. The Morgan fingerprint density at radius 3 is 1.77 bits per heavy atom. The minimum absolute atomic E-state index is 1.13.